The monoisotopic (exact) mass is 373 g/mol. The van der Waals surface area contributed by atoms with E-state index < -0.39 is 0 Å². The third-order valence-corrected chi connectivity index (χ3v) is 5.11. The van der Waals surface area contributed by atoms with Gasteiger partial charge in [-0.15, -0.1) is 0 Å². The summed E-state index contributed by atoms with van der Waals surface area (Å²) in [6.45, 7) is 6.45. The first-order valence-electron chi connectivity index (χ1n) is 10.0. The average Bonchev–Trinajstić information content (AvgIpc) is 3.23. The Bertz CT molecular complexity index is 930. The Morgan fingerprint density at radius 2 is 1.68 bits per heavy atom. The lowest BCUT2D eigenvalue weighted by Crippen LogP contribution is -2.17. The molecule has 0 amide bonds. The van der Waals surface area contributed by atoms with E-state index in [0.717, 1.165) is 42.4 Å². The quantitative estimate of drug-likeness (QED) is 0.603. The molecule has 1 aliphatic rings. The van der Waals surface area contributed by atoms with Gasteiger partial charge in [0.1, 0.15) is 5.82 Å². The number of nitrogens with zero attached hydrogens (tertiary/aromatic N) is 3. The van der Waals surface area contributed by atoms with E-state index >= 15 is 0 Å². The van der Waals surface area contributed by atoms with Crippen LogP contribution in [0.3, 0.4) is 0 Å². The fourth-order valence-electron chi connectivity index (χ4n) is 3.64. The van der Waals surface area contributed by atoms with Crippen LogP contribution in [0.4, 0.5) is 28.8 Å². The summed E-state index contributed by atoms with van der Waals surface area (Å²) in [4.78, 5) is 11.6. The van der Waals surface area contributed by atoms with E-state index in [1.54, 1.807) is 0 Å². The smallest absolute Gasteiger partial charge is 0.229 e. The molecule has 0 radical (unpaired) electrons. The standard InChI is InChI=1S/C23H27N5/c1-3-18-8-4-5-9-21(18)26-23-24-17(2)16-22(27-23)25-19-10-12-20(13-11-19)28-14-6-7-15-28/h4-5,8-13,16H,3,6-7,14-15H2,1-2H3,(H2,24,25,26,27). The van der Waals surface area contributed by atoms with E-state index in [2.05, 4.69) is 74.9 Å². The van der Waals surface area contributed by atoms with Gasteiger partial charge in [-0.25, -0.2) is 4.98 Å². The van der Waals surface area contributed by atoms with Crippen LogP contribution >= 0.6 is 0 Å². The maximum Gasteiger partial charge on any atom is 0.229 e. The van der Waals surface area contributed by atoms with Crippen molar-refractivity contribution in [1.82, 2.24) is 9.97 Å². The molecule has 2 N–H and O–H groups in total. The summed E-state index contributed by atoms with van der Waals surface area (Å²) in [7, 11) is 0. The molecule has 1 aromatic heterocycles. The van der Waals surface area contributed by atoms with Crippen molar-refractivity contribution in [3.63, 3.8) is 0 Å². The van der Waals surface area contributed by atoms with Gasteiger partial charge in [0.05, 0.1) is 0 Å². The third-order valence-electron chi connectivity index (χ3n) is 5.11. The molecule has 0 aliphatic carbocycles. The fourth-order valence-corrected chi connectivity index (χ4v) is 3.64. The normalized spacial score (nSPS) is 13.6. The SMILES string of the molecule is CCc1ccccc1Nc1nc(C)cc(Nc2ccc(N3CCCC3)cc2)n1. The molecule has 1 aliphatic heterocycles. The molecule has 5 nitrogen and oxygen atoms in total. The Morgan fingerprint density at radius 1 is 0.929 bits per heavy atom. The van der Waals surface area contributed by atoms with Gasteiger partial charge in [-0.3, -0.25) is 0 Å². The van der Waals surface area contributed by atoms with E-state index in [1.165, 1.54) is 24.1 Å². The first-order chi connectivity index (χ1) is 13.7. The number of benzene rings is 2. The number of para-hydroxylation sites is 1. The topological polar surface area (TPSA) is 53.1 Å². The van der Waals surface area contributed by atoms with E-state index in [4.69, 9.17) is 0 Å². The molecular formula is C23H27N5. The minimum Gasteiger partial charge on any atom is -0.372 e. The molecule has 5 heteroatoms. The second kappa shape index (κ2) is 8.30. The number of aromatic nitrogens is 2. The summed E-state index contributed by atoms with van der Waals surface area (Å²) in [6, 6.07) is 18.8. The van der Waals surface area contributed by atoms with Gasteiger partial charge in [0.2, 0.25) is 5.95 Å². The zero-order valence-electron chi connectivity index (χ0n) is 16.6. The lowest BCUT2D eigenvalue weighted by molar-refractivity contribution is 0.949. The molecule has 2 heterocycles. The molecule has 4 rings (SSSR count). The van der Waals surface area contributed by atoms with Crippen molar-refractivity contribution in [2.24, 2.45) is 0 Å². The number of aryl methyl sites for hydroxylation is 2. The average molecular weight is 374 g/mol. The molecule has 144 valence electrons. The van der Waals surface area contributed by atoms with Gasteiger partial charge in [-0.05, 0) is 62.1 Å². The summed E-state index contributed by atoms with van der Waals surface area (Å²) in [5.41, 5.74) is 5.54. The second-order valence-corrected chi connectivity index (χ2v) is 7.22. The third kappa shape index (κ3) is 4.25. The summed E-state index contributed by atoms with van der Waals surface area (Å²) in [6.07, 6.45) is 3.54. The lowest BCUT2D eigenvalue weighted by Gasteiger charge is -2.18. The van der Waals surface area contributed by atoms with Crippen LogP contribution in [0.1, 0.15) is 31.0 Å². The van der Waals surface area contributed by atoms with Crippen LogP contribution < -0.4 is 15.5 Å². The van der Waals surface area contributed by atoms with E-state index in [9.17, 15) is 0 Å². The Labute approximate surface area is 166 Å². The van der Waals surface area contributed by atoms with Crippen LogP contribution in [0.2, 0.25) is 0 Å². The van der Waals surface area contributed by atoms with Crippen molar-refractivity contribution in [2.45, 2.75) is 33.1 Å². The minimum absolute atomic E-state index is 0.608. The predicted octanol–water partition coefficient (Wildman–Crippen LogP) is 5.43. The first-order valence-corrected chi connectivity index (χ1v) is 10.0. The molecular weight excluding hydrogens is 346 g/mol. The lowest BCUT2D eigenvalue weighted by atomic mass is 10.1. The predicted molar refractivity (Wildman–Crippen MR) is 117 cm³/mol. The van der Waals surface area contributed by atoms with Gasteiger partial charge < -0.3 is 15.5 Å². The summed E-state index contributed by atoms with van der Waals surface area (Å²) >= 11 is 0. The summed E-state index contributed by atoms with van der Waals surface area (Å²) in [5, 5.41) is 6.78. The fraction of sp³-hybridized carbons (Fsp3) is 0.304. The van der Waals surface area contributed by atoms with E-state index in [1.807, 2.05) is 19.1 Å². The number of anilines is 5. The van der Waals surface area contributed by atoms with Crippen molar-refractivity contribution in [2.75, 3.05) is 28.6 Å². The Kier molecular flexibility index (Phi) is 5.42. The molecule has 1 saturated heterocycles. The Hall–Kier alpha value is -3.08. The molecule has 0 unspecified atom stereocenters. The van der Waals surface area contributed by atoms with Crippen LogP contribution in [0.15, 0.2) is 54.6 Å². The number of nitrogens with one attached hydrogen (secondary N) is 2. The Morgan fingerprint density at radius 3 is 2.43 bits per heavy atom. The molecule has 0 spiro atoms. The zero-order chi connectivity index (χ0) is 19.3. The first kappa shape index (κ1) is 18.3. The molecule has 2 aromatic carbocycles. The highest BCUT2D eigenvalue weighted by Crippen LogP contribution is 2.25. The van der Waals surface area contributed by atoms with Crippen LogP contribution in [0.25, 0.3) is 0 Å². The van der Waals surface area contributed by atoms with Crippen molar-refractivity contribution in [1.29, 1.82) is 0 Å². The summed E-state index contributed by atoms with van der Waals surface area (Å²) < 4.78 is 0. The van der Waals surface area contributed by atoms with E-state index in [-0.39, 0.29) is 0 Å². The van der Waals surface area contributed by atoms with Crippen LogP contribution in [0, 0.1) is 6.92 Å². The highest BCUT2D eigenvalue weighted by molar-refractivity contribution is 5.64. The van der Waals surface area contributed by atoms with Gasteiger partial charge >= 0.3 is 0 Å². The van der Waals surface area contributed by atoms with Gasteiger partial charge in [-0.2, -0.15) is 4.98 Å². The molecule has 1 fully saturated rings. The van der Waals surface area contributed by atoms with Crippen molar-refractivity contribution in [3.8, 4) is 0 Å². The highest BCUT2D eigenvalue weighted by atomic mass is 15.2. The maximum absolute atomic E-state index is 4.66. The van der Waals surface area contributed by atoms with Crippen LogP contribution in [-0.4, -0.2) is 23.1 Å². The van der Waals surface area contributed by atoms with Gasteiger partial charge in [0.15, 0.2) is 0 Å². The molecule has 0 bridgehead atoms. The number of hydrogen-bond donors (Lipinski definition) is 2. The van der Waals surface area contributed by atoms with Gasteiger partial charge in [0.25, 0.3) is 0 Å². The number of rotatable bonds is 6. The maximum atomic E-state index is 4.66. The van der Waals surface area contributed by atoms with E-state index in [0.29, 0.717) is 5.95 Å². The number of hydrogen-bond acceptors (Lipinski definition) is 5. The van der Waals surface area contributed by atoms with Gasteiger partial charge in [-0.1, -0.05) is 25.1 Å². The molecule has 0 atom stereocenters. The zero-order valence-corrected chi connectivity index (χ0v) is 16.6. The molecule has 28 heavy (non-hydrogen) atoms. The Balaban J connectivity index is 1.50. The van der Waals surface area contributed by atoms with Crippen molar-refractivity contribution >= 4 is 28.8 Å². The van der Waals surface area contributed by atoms with Crippen LogP contribution in [0.5, 0.6) is 0 Å². The van der Waals surface area contributed by atoms with Crippen molar-refractivity contribution < 1.29 is 0 Å². The second-order valence-electron chi connectivity index (χ2n) is 7.22. The highest BCUT2D eigenvalue weighted by Gasteiger charge is 2.12. The largest absolute Gasteiger partial charge is 0.372 e. The van der Waals surface area contributed by atoms with Crippen LogP contribution in [-0.2, 0) is 6.42 Å². The van der Waals surface area contributed by atoms with Crippen molar-refractivity contribution in [3.05, 3.63) is 65.9 Å². The minimum atomic E-state index is 0.608. The van der Waals surface area contributed by atoms with Gasteiger partial charge in [0, 0.05) is 41.9 Å². The summed E-state index contributed by atoms with van der Waals surface area (Å²) in [5.74, 6) is 1.40. The molecule has 0 saturated carbocycles. The molecule has 3 aromatic rings.